The van der Waals surface area contributed by atoms with Gasteiger partial charge in [0.2, 0.25) is 0 Å². The molecule has 2 heterocycles. The van der Waals surface area contributed by atoms with E-state index in [0.717, 1.165) is 18.8 Å². The molecular weight excluding hydrogens is 176 g/mol. The van der Waals surface area contributed by atoms with E-state index < -0.39 is 0 Å². The van der Waals surface area contributed by atoms with Crippen LogP contribution in [0.3, 0.4) is 0 Å². The smallest absolute Gasteiger partial charge is 0.115 e. The molecule has 1 unspecified atom stereocenters. The second-order valence-electron chi connectivity index (χ2n) is 3.65. The summed E-state index contributed by atoms with van der Waals surface area (Å²) in [5.41, 5.74) is 1.000. The number of aromatic nitrogens is 2. The van der Waals surface area contributed by atoms with E-state index in [2.05, 4.69) is 20.6 Å². The molecule has 0 aromatic carbocycles. The molecule has 0 spiro atoms. The van der Waals surface area contributed by atoms with Crippen LogP contribution in [0.5, 0.6) is 0 Å². The highest BCUT2D eigenvalue weighted by atomic mass is 15.0. The Balaban J connectivity index is 1.76. The molecule has 2 rings (SSSR count). The van der Waals surface area contributed by atoms with Gasteiger partial charge in [0, 0.05) is 12.6 Å². The van der Waals surface area contributed by atoms with Crippen LogP contribution in [0.25, 0.3) is 0 Å². The van der Waals surface area contributed by atoms with Gasteiger partial charge < -0.3 is 10.6 Å². The van der Waals surface area contributed by atoms with Gasteiger partial charge in [-0.3, -0.25) is 0 Å². The summed E-state index contributed by atoms with van der Waals surface area (Å²) in [5, 5.41) is 6.81. The minimum Gasteiger partial charge on any atom is -0.381 e. The van der Waals surface area contributed by atoms with Crippen molar-refractivity contribution in [2.24, 2.45) is 0 Å². The lowest BCUT2D eigenvalue weighted by atomic mass is 10.1. The van der Waals surface area contributed by atoms with Crippen molar-refractivity contribution in [3.8, 4) is 0 Å². The standard InChI is InChI=1S/C10H16N4/c1-2-4-13-9(3-1)7-14-10-5-11-8-12-6-10/h5-6,8-9,13-14H,1-4,7H2. The zero-order valence-electron chi connectivity index (χ0n) is 8.24. The number of rotatable bonds is 3. The first-order valence-electron chi connectivity index (χ1n) is 5.17. The summed E-state index contributed by atoms with van der Waals surface area (Å²) in [7, 11) is 0. The van der Waals surface area contributed by atoms with E-state index in [0.29, 0.717) is 6.04 Å². The Kier molecular flexibility index (Phi) is 3.29. The van der Waals surface area contributed by atoms with Crippen molar-refractivity contribution in [3.63, 3.8) is 0 Å². The van der Waals surface area contributed by atoms with Crippen LogP contribution in [0, 0.1) is 0 Å². The highest BCUT2D eigenvalue weighted by molar-refractivity contribution is 5.37. The quantitative estimate of drug-likeness (QED) is 0.751. The summed E-state index contributed by atoms with van der Waals surface area (Å²) in [6.45, 7) is 2.12. The van der Waals surface area contributed by atoms with Gasteiger partial charge in [-0.25, -0.2) is 9.97 Å². The zero-order chi connectivity index (χ0) is 9.64. The minimum absolute atomic E-state index is 0.601. The number of piperidine rings is 1. The summed E-state index contributed by atoms with van der Waals surface area (Å²) in [4.78, 5) is 7.91. The fourth-order valence-electron chi connectivity index (χ4n) is 1.73. The third kappa shape index (κ3) is 2.67. The first kappa shape index (κ1) is 9.40. The van der Waals surface area contributed by atoms with Crippen molar-refractivity contribution < 1.29 is 0 Å². The molecule has 0 radical (unpaired) electrons. The van der Waals surface area contributed by atoms with E-state index >= 15 is 0 Å². The topological polar surface area (TPSA) is 49.8 Å². The maximum absolute atomic E-state index is 3.95. The van der Waals surface area contributed by atoms with E-state index in [9.17, 15) is 0 Å². The van der Waals surface area contributed by atoms with Crippen molar-refractivity contribution in [3.05, 3.63) is 18.7 Å². The van der Waals surface area contributed by atoms with Crippen LogP contribution in [0.1, 0.15) is 19.3 Å². The van der Waals surface area contributed by atoms with Gasteiger partial charge in [0.05, 0.1) is 18.1 Å². The molecule has 2 N–H and O–H groups in total. The van der Waals surface area contributed by atoms with Crippen LogP contribution in [0.2, 0.25) is 0 Å². The monoisotopic (exact) mass is 192 g/mol. The van der Waals surface area contributed by atoms with Crippen LogP contribution >= 0.6 is 0 Å². The van der Waals surface area contributed by atoms with Crippen molar-refractivity contribution in [1.82, 2.24) is 15.3 Å². The molecule has 1 aliphatic heterocycles. The van der Waals surface area contributed by atoms with E-state index in [1.807, 2.05) is 0 Å². The number of hydrogen-bond acceptors (Lipinski definition) is 4. The van der Waals surface area contributed by atoms with Crippen LogP contribution in [-0.2, 0) is 0 Å². The Labute approximate surface area is 84.2 Å². The largest absolute Gasteiger partial charge is 0.381 e. The third-order valence-corrected chi connectivity index (χ3v) is 2.53. The summed E-state index contributed by atoms with van der Waals surface area (Å²) in [6, 6.07) is 0.601. The second kappa shape index (κ2) is 4.91. The SMILES string of the molecule is c1ncc(NCC2CCCCN2)cn1. The molecule has 4 heteroatoms. The molecule has 1 atom stereocenters. The molecule has 0 amide bonds. The first-order valence-corrected chi connectivity index (χ1v) is 5.17. The Bertz CT molecular complexity index is 256. The Morgan fingerprint density at radius 2 is 2.21 bits per heavy atom. The van der Waals surface area contributed by atoms with Gasteiger partial charge in [-0.05, 0) is 19.4 Å². The van der Waals surface area contributed by atoms with E-state index in [1.165, 1.54) is 19.3 Å². The normalized spacial score (nSPS) is 21.9. The third-order valence-electron chi connectivity index (χ3n) is 2.53. The van der Waals surface area contributed by atoms with Gasteiger partial charge in [0.1, 0.15) is 6.33 Å². The summed E-state index contributed by atoms with van der Waals surface area (Å²) in [6.07, 6.45) is 9.06. The maximum Gasteiger partial charge on any atom is 0.115 e. The zero-order valence-corrected chi connectivity index (χ0v) is 8.24. The molecule has 1 saturated heterocycles. The molecule has 1 fully saturated rings. The van der Waals surface area contributed by atoms with Crippen LogP contribution in [0.4, 0.5) is 5.69 Å². The predicted octanol–water partition coefficient (Wildman–Crippen LogP) is 1.03. The van der Waals surface area contributed by atoms with Gasteiger partial charge in [-0.2, -0.15) is 0 Å². The van der Waals surface area contributed by atoms with E-state index in [-0.39, 0.29) is 0 Å². The maximum atomic E-state index is 3.95. The van der Waals surface area contributed by atoms with Gasteiger partial charge in [0.25, 0.3) is 0 Å². The summed E-state index contributed by atoms with van der Waals surface area (Å²) in [5.74, 6) is 0. The predicted molar refractivity (Wildman–Crippen MR) is 56.2 cm³/mol. The molecule has 76 valence electrons. The van der Waals surface area contributed by atoms with Gasteiger partial charge in [0.15, 0.2) is 0 Å². The molecule has 14 heavy (non-hydrogen) atoms. The van der Waals surface area contributed by atoms with E-state index in [1.54, 1.807) is 18.7 Å². The van der Waals surface area contributed by atoms with Crippen LogP contribution < -0.4 is 10.6 Å². The highest BCUT2D eigenvalue weighted by Crippen LogP contribution is 2.08. The van der Waals surface area contributed by atoms with Gasteiger partial charge in [-0.15, -0.1) is 0 Å². The number of hydrogen-bond donors (Lipinski definition) is 2. The number of anilines is 1. The number of nitrogens with one attached hydrogen (secondary N) is 2. The summed E-state index contributed by atoms with van der Waals surface area (Å²) < 4.78 is 0. The molecule has 4 nitrogen and oxygen atoms in total. The van der Waals surface area contributed by atoms with E-state index in [4.69, 9.17) is 0 Å². The molecule has 0 saturated carbocycles. The lowest BCUT2D eigenvalue weighted by Crippen LogP contribution is -2.39. The van der Waals surface area contributed by atoms with Gasteiger partial charge >= 0.3 is 0 Å². The molecule has 0 bridgehead atoms. The minimum atomic E-state index is 0.601. The Hall–Kier alpha value is -1.16. The van der Waals surface area contributed by atoms with Crippen molar-refractivity contribution >= 4 is 5.69 Å². The average Bonchev–Trinajstić information content (AvgIpc) is 2.29. The second-order valence-corrected chi connectivity index (χ2v) is 3.65. The van der Waals surface area contributed by atoms with Crippen molar-refractivity contribution in [2.45, 2.75) is 25.3 Å². The highest BCUT2D eigenvalue weighted by Gasteiger charge is 2.11. The van der Waals surface area contributed by atoms with Crippen molar-refractivity contribution in [2.75, 3.05) is 18.4 Å². The summed E-state index contributed by atoms with van der Waals surface area (Å²) >= 11 is 0. The molecule has 1 aliphatic rings. The van der Waals surface area contributed by atoms with Crippen LogP contribution in [-0.4, -0.2) is 29.1 Å². The average molecular weight is 192 g/mol. The molecule has 1 aromatic rings. The molecular formula is C10H16N4. The fourth-order valence-corrected chi connectivity index (χ4v) is 1.73. The lowest BCUT2D eigenvalue weighted by molar-refractivity contribution is 0.414. The first-order chi connectivity index (χ1) is 6.95. The Morgan fingerprint density at radius 3 is 2.93 bits per heavy atom. The van der Waals surface area contributed by atoms with Crippen LogP contribution in [0.15, 0.2) is 18.7 Å². The fraction of sp³-hybridized carbons (Fsp3) is 0.600. The van der Waals surface area contributed by atoms with Crippen molar-refractivity contribution in [1.29, 1.82) is 0 Å². The number of nitrogens with zero attached hydrogens (tertiary/aromatic N) is 2. The van der Waals surface area contributed by atoms with Gasteiger partial charge in [-0.1, -0.05) is 6.42 Å². The molecule has 1 aromatic heterocycles. The lowest BCUT2D eigenvalue weighted by Gasteiger charge is -2.23. The molecule has 0 aliphatic carbocycles. The Morgan fingerprint density at radius 1 is 1.36 bits per heavy atom.